The summed E-state index contributed by atoms with van der Waals surface area (Å²) in [5, 5.41) is 14.7. The van der Waals surface area contributed by atoms with Crippen molar-refractivity contribution in [1.82, 2.24) is 14.9 Å². The molecule has 0 aliphatic carbocycles. The summed E-state index contributed by atoms with van der Waals surface area (Å²) < 4.78 is 79.0. The van der Waals surface area contributed by atoms with Crippen molar-refractivity contribution in [3.8, 4) is 0 Å². The van der Waals surface area contributed by atoms with Crippen LogP contribution in [0.25, 0.3) is 0 Å². The van der Waals surface area contributed by atoms with Crippen molar-refractivity contribution in [2.24, 2.45) is 10.2 Å². The normalized spacial score (nSPS) is 12.7. The van der Waals surface area contributed by atoms with Gasteiger partial charge < -0.3 is 0 Å². The SMILES string of the molecule is FC(F)(F)c1ccccc1C=NNc1nncn1N=Cc1ccccc1C(F)(F)F. The van der Waals surface area contributed by atoms with Gasteiger partial charge in [-0.15, -0.1) is 10.2 Å². The highest BCUT2D eigenvalue weighted by Crippen LogP contribution is 2.32. The van der Waals surface area contributed by atoms with E-state index < -0.39 is 23.5 Å². The average Bonchev–Trinajstić information content (AvgIpc) is 3.13. The van der Waals surface area contributed by atoms with Crippen molar-refractivity contribution in [1.29, 1.82) is 0 Å². The van der Waals surface area contributed by atoms with E-state index >= 15 is 0 Å². The lowest BCUT2D eigenvalue weighted by molar-refractivity contribution is -0.138. The molecule has 0 saturated heterocycles. The predicted molar refractivity (Wildman–Crippen MR) is 97.1 cm³/mol. The van der Waals surface area contributed by atoms with Gasteiger partial charge in [0.15, 0.2) is 0 Å². The Morgan fingerprint density at radius 3 is 1.90 bits per heavy atom. The molecule has 0 fully saturated rings. The molecule has 2 aromatic carbocycles. The van der Waals surface area contributed by atoms with Gasteiger partial charge in [0, 0.05) is 11.1 Å². The Bertz CT molecular complexity index is 1070. The summed E-state index contributed by atoms with van der Waals surface area (Å²) in [5.41, 5.74) is 0.228. The second-order valence-electron chi connectivity index (χ2n) is 5.78. The van der Waals surface area contributed by atoms with E-state index in [0.29, 0.717) is 0 Å². The number of nitrogens with one attached hydrogen (secondary N) is 1. The second kappa shape index (κ2) is 8.35. The molecular formula is C18H12F6N6. The van der Waals surface area contributed by atoms with E-state index in [9.17, 15) is 26.3 Å². The fourth-order valence-electron chi connectivity index (χ4n) is 2.41. The maximum absolute atomic E-state index is 13.0. The van der Waals surface area contributed by atoms with E-state index in [2.05, 4.69) is 25.8 Å². The Balaban J connectivity index is 1.78. The molecule has 0 spiro atoms. The van der Waals surface area contributed by atoms with Crippen LogP contribution in [-0.2, 0) is 12.4 Å². The van der Waals surface area contributed by atoms with Gasteiger partial charge in [0.25, 0.3) is 5.95 Å². The van der Waals surface area contributed by atoms with Crippen LogP contribution in [-0.4, -0.2) is 27.3 Å². The van der Waals surface area contributed by atoms with Crippen molar-refractivity contribution in [3.63, 3.8) is 0 Å². The third-order valence-electron chi connectivity index (χ3n) is 3.75. The Morgan fingerprint density at radius 1 is 0.800 bits per heavy atom. The van der Waals surface area contributed by atoms with Crippen molar-refractivity contribution >= 4 is 18.4 Å². The van der Waals surface area contributed by atoms with E-state index in [4.69, 9.17) is 0 Å². The molecule has 3 rings (SSSR count). The van der Waals surface area contributed by atoms with Crippen LogP contribution in [0.4, 0.5) is 32.3 Å². The number of hydrazone groups is 1. The summed E-state index contributed by atoms with van der Waals surface area (Å²) >= 11 is 0. The highest BCUT2D eigenvalue weighted by molar-refractivity contribution is 5.83. The number of anilines is 1. The van der Waals surface area contributed by atoms with E-state index in [-0.39, 0.29) is 17.1 Å². The maximum atomic E-state index is 13.0. The molecular weight excluding hydrogens is 414 g/mol. The first-order valence-corrected chi connectivity index (χ1v) is 8.22. The third-order valence-corrected chi connectivity index (χ3v) is 3.75. The zero-order valence-corrected chi connectivity index (χ0v) is 14.9. The summed E-state index contributed by atoms with van der Waals surface area (Å²) in [5.74, 6) is -0.114. The minimum Gasteiger partial charge on any atom is -0.244 e. The van der Waals surface area contributed by atoms with Gasteiger partial charge in [0.1, 0.15) is 6.33 Å². The standard InChI is InChI=1S/C18H12F6N6/c19-17(20,21)14-7-3-1-5-12(14)9-25-28-16-29-26-11-30(16)27-10-13-6-2-4-8-15(13)18(22,23)24/h1-11H,(H,28,29). The predicted octanol–water partition coefficient (Wildman–Crippen LogP) is 4.64. The molecule has 6 nitrogen and oxygen atoms in total. The molecule has 0 amide bonds. The Kier molecular flexibility index (Phi) is 5.85. The molecule has 1 heterocycles. The lowest BCUT2D eigenvalue weighted by Crippen LogP contribution is -2.09. The smallest absolute Gasteiger partial charge is 0.244 e. The van der Waals surface area contributed by atoms with Crippen LogP contribution in [0, 0.1) is 0 Å². The van der Waals surface area contributed by atoms with Gasteiger partial charge in [0.05, 0.1) is 23.6 Å². The van der Waals surface area contributed by atoms with Crippen molar-refractivity contribution in [2.45, 2.75) is 12.4 Å². The number of aromatic nitrogens is 3. The average molecular weight is 426 g/mol. The van der Waals surface area contributed by atoms with Crippen molar-refractivity contribution in [2.75, 3.05) is 5.43 Å². The summed E-state index contributed by atoms with van der Waals surface area (Å²) in [7, 11) is 0. The molecule has 0 radical (unpaired) electrons. The molecule has 0 atom stereocenters. The summed E-state index contributed by atoms with van der Waals surface area (Å²) in [4.78, 5) is 0. The highest BCUT2D eigenvalue weighted by atomic mass is 19.4. The summed E-state index contributed by atoms with van der Waals surface area (Å²) in [6, 6.07) is 9.62. The Morgan fingerprint density at radius 2 is 1.33 bits per heavy atom. The first kappa shape index (κ1) is 21.0. The maximum Gasteiger partial charge on any atom is 0.417 e. The Hall–Kier alpha value is -3.70. The molecule has 0 aliphatic rings. The second-order valence-corrected chi connectivity index (χ2v) is 5.78. The van der Waals surface area contributed by atoms with Gasteiger partial charge in [-0.25, -0.2) is 5.43 Å². The van der Waals surface area contributed by atoms with Crippen LogP contribution in [0.15, 0.2) is 65.1 Å². The molecule has 0 aliphatic heterocycles. The number of hydrogen-bond acceptors (Lipinski definition) is 5. The number of benzene rings is 2. The Labute approximate surface area is 165 Å². The minimum absolute atomic E-state index is 0.114. The zero-order chi connectivity index (χ0) is 21.8. The van der Waals surface area contributed by atoms with Gasteiger partial charge in [-0.05, 0) is 12.1 Å². The monoisotopic (exact) mass is 426 g/mol. The molecule has 1 aromatic heterocycles. The first-order chi connectivity index (χ1) is 14.2. The van der Waals surface area contributed by atoms with Gasteiger partial charge in [-0.2, -0.15) is 41.2 Å². The molecule has 0 bridgehead atoms. The van der Waals surface area contributed by atoms with Crippen LogP contribution in [0.5, 0.6) is 0 Å². The lowest BCUT2D eigenvalue weighted by Gasteiger charge is -2.09. The lowest BCUT2D eigenvalue weighted by atomic mass is 10.1. The fraction of sp³-hybridized carbons (Fsp3) is 0.111. The van der Waals surface area contributed by atoms with Crippen LogP contribution in [0.1, 0.15) is 22.3 Å². The fourth-order valence-corrected chi connectivity index (χ4v) is 2.41. The number of alkyl halides is 6. The quantitative estimate of drug-likeness (QED) is 0.367. The van der Waals surface area contributed by atoms with E-state index in [1.807, 2.05) is 0 Å². The topological polar surface area (TPSA) is 67.5 Å². The molecule has 1 N–H and O–H groups in total. The third kappa shape index (κ3) is 5.01. The highest BCUT2D eigenvalue weighted by Gasteiger charge is 2.33. The molecule has 12 heteroatoms. The molecule has 30 heavy (non-hydrogen) atoms. The van der Waals surface area contributed by atoms with Crippen LogP contribution < -0.4 is 5.43 Å². The molecule has 3 aromatic rings. The van der Waals surface area contributed by atoms with Crippen LogP contribution in [0.2, 0.25) is 0 Å². The van der Waals surface area contributed by atoms with Gasteiger partial charge in [-0.1, -0.05) is 36.4 Å². The van der Waals surface area contributed by atoms with Gasteiger partial charge >= 0.3 is 12.4 Å². The van der Waals surface area contributed by atoms with Crippen molar-refractivity contribution < 1.29 is 26.3 Å². The molecule has 0 saturated carbocycles. The van der Waals surface area contributed by atoms with Crippen LogP contribution in [0.3, 0.4) is 0 Å². The van der Waals surface area contributed by atoms with Crippen molar-refractivity contribution in [3.05, 3.63) is 77.1 Å². The molecule has 156 valence electrons. The number of rotatable bonds is 5. The van der Waals surface area contributed by atoms with E-state index in [1.54, 1.807) is 0 Å². The summed E-state index contributed by atoms with van der Waals surface area (Å²) in [6.45, 7) is 0. The first-order valence-electron chi connectivity index (χ1n) is 8.22. The van der Waals surface area contributed by atoms with Gasteiger partial charge in [-0.3, -0.25) is 0 Å². The number of hydrogen-bond donors (Lipinski definition) is 1. The zero-order valence-electron chi connectivity index (χ0n) is 14.9. The number of halogens is 6. The largest absolute Gasteiger partial charge is 0.417 e. The van der Waals surface area contributed by atoms with Crippen LogP contribution >= 0.6 is 0 Å². The van der Waals surface area contributed by atoms with Gasteiger partial charge in [0.2, 0.25) is 0 Å². The minimum atomic E-state index is -4.56. The molecule has 0 unspecified atom stereocenters. The van der Waals surface area contributed by atoms with E-state index in [0.717, 1.165) is 35.6 Å². The number of nitrogens with zero attached hydrogens (tertiary/aromatic N) is 5. The summed E-state index contributed by atoms with van der Waals surface area (Å²) in [6.07, 6.45) is -6.13. The van der Waals surface area contributed by atoms with E-state index in [1.165, 1.54) is 36.4 Å².